The minimum Gasteiger partial charge on any atom is -0.354 e. The van der Waals surface area contributed by atoms with Crippen molar-refractivity contribution >= 4 is 27.5 Å². The van der Waals surface area contributed by atoms with Crippen molar-refractivity contribution < 1.29 is 13.2 Å². The molecule has 2 aliphatic heterocycles. The van der Waals surface area contributed by atoms with Gasteiger partial charge in [-0.3, -0.25) is 9.79 Å². The zero-order valence-electron chi connectivity index (χ0n) is 15.4. The van der Waals surface area contributed by atoms with Gasteiger partial charge in [0.2, 0.25) is 10.0 Å². The van der Waals surface area contributed by atoms with Crippen LogP contribution >= 0.6 is 0 Å². The summed E-state index contributed by atoms with van der Waals surface area (Å²) in [4.78, 5) is 17.2. The summed E-state index contributed by atoms with van der Waals surface area (Å²) in [6.45, 7) is 2.70. The molecule has 0 aliphatic carbocycles. The van der Waals surface area contributed by atoms with E-state index in [-0.39, 0.29) is 10.7 Å². The van der Waals surface area contributed by atoms with E-state index >= 15 is 0 Å². The van der Waals surface area contributed by atoms with E-state index < -0.39 is 10.0 Å². The maximum atomic E-state index is 12.7. The molecule has 1 saturated heterocycles. The summed E-state index contributed by atoms with van der Waals surface area (Å²) in [5, 5.41) is 6.28. The molecule has 0 atom stereocenters. The Morgan fingerprint density at radius 3 is 2.14 bits per heavy atom. The fraction of sp³-hybridized carbons (Fsp3) is 0.300. The molecule has 2 heterocycles. The molecule has 0 amide bonds. The van der Waals surface area contributed by atoms with Crippen molar-refractivity contribution in [3.05, 3.63) is 59.7 Å². The predicted molar refractivity (Wildman–Crippen MR) is 108 cm³/mol. The quantitative estimate of drug-likeness (QED) is 0.753. The maximum absolute atomic E-state index is 12.7. The predicted octanol–water partition coefficient (Wildman–Crippen LogP) is 2.07. The molecule has 146 valence electrons. The van der Waals surface area contributed by atoms with Crippen LogP contribution in [-0.2, 0) is 10.0 Å². The Kier molecular flexibility index (Phi) is 5.15. The van der Waals surface area contributed by atoms with Crippen LogP contribution in [0.25, 0.3) is 0 Å². The minimum atomic E-state index is -3.47. The van der Waals surface area contributed by atoms with Crippen molar-refractivity contribution in [2.24, 2.45) is 4.99 Å². The van der Waals surface area contributed by atoms with Gasteiger partial charge >= 0.3 is 0 Å². The lowest BCUT2D eigenvalue weighted by atomic mass is 10.0. The first-order valence-corrected chi connectivity index (χ1v) is 10.8. The highest BCUT2D eigenvalue weighted by atomic mass is 32.2. The number of aliphatic imine (C=N–C) groups is 1. The molecule has 28 heavy (non-hydrogen) atoms. The molecule has 0 aromatic heterocycles. The second-order valence-electron chi connectivity index (χ2n) is 6.82. The molecule has 4 rings (SSSR count). The number of sulfonamides is 1. The molecule has 0 bridgehead atoms. The van der Waals surface area contributed by atoms with E-state index in [9.17, 15) is 13.2 Å². The minimum absolute atomic E-state index is 0.145. The van der Waals surface area contributed by atoms with Crippen LogP contribution in [0, 0.1) is 0 Å². The molecule has 0 unspecified atom stereocenters. The van der Waals surface area contributed by atoms with E-state index in [2.05, 4.69) is 15.6 Å². The summed E-state index contributed by atoms with van der Waals surface area (Å²) in [5.74, 6) is 0.585. The van der Waals surface area contributed by atoms with Crippen molar-refractivity contribution in [1.29, 1.82) is 0 Å². The van der Waals surface area contributed by atoms with Gasteiger partial charge < -0.3 is 10.6 Å². The summed E-state index contributed by atoms with van der Waals surface area (Å²) >= 11 is 0. The van der Waals surface area contributed by atoms with Crippen molar-refractivity contribution in [3.63, 3.8) is 0 Å². The molecule has 2 N–H and O–H groups in total. The second kappa shape index (κ2) is 7.73. The number of carbonyl (C=O) groups excluding carboxylic acids is 1. The van der Waals surface area contributed by atoms with E-state index in [1.165, 1.54) is 16.4 Å². The number of benzene rings is 2. The Hall–Kier alpha value is -2.71. The SMILES string of the molecule is O=C(c1ccc(NC2=NCCN2)cc1)c1ccc(S(=O)(=O)N2CCCC2)cc1. The fourth-order valence-corrected chi connectivity index (χ4v) is 4.86. The van der Waals surface area contributed by atoms with Gasteiger partial charge in [0.05, 0.1) is 11.4 Å². The Morgan fingerprint density at radius 2 is 1.57 bits per heavy atom. The van der Waals surface area contributed by atoms with E-state index in [1.807, 2.05) is 12.1 Å². The zero-order valence-corrected chi connectivity index (χ0v) is 16.2. The molecular weight excluding hydrogens is 376 g/mol. The van der Waals surface area contributed by atoms with Gasteiger partial charge in [-0.2, -0.15) is 4.31 Å². The van der Waals surface area contributed by atoms with Crippen molar-refractivity contribution in [3.8, 4) is 0 Å². The first-order valence-electron chi connectivity index (χ1n) is 9.34. The number of nitrogens with zero attached hydrogens (tertiary/aromatic N) is 2. The highest BCUT2D eigenvalue weighted by Crippen LogP contribution is 2.22. The lowest BCUT2D eigenvalue weighted by Gasteiger charge is -2.15. The summed E-state index contributed by atoms with van der Waals surface area (Å²) in [5.41, 5.74) is 1.85. The van der Waals surface area contributed by atoms with Crippen LogP contribution in [0.4, 0.5) is 5.69 Å². The van der Waals surface area contributed by atoms with Gasteiger partial charge in [0.1, 0.15) is 0 Å². The molecule has 0 radical (unpaired) electrons. The number of hydrogen-bond acceptors (Lipinski definition) is 6. The van der Waals surface area contributed by atoms with Crippen molar-refractivity contribution in [1.82, 2.24) is 9.62 Å². The smallest absolute Gasteiger partial charge is 0.243 e. The van der Waals surface area contributed by atoms with Crippen LogP contribution in [0.1, 0.15) is 28.8 Å². The number of ketones is 1. The van der Waals surface area contributed by atoms with Crippen LogP contribution < -0.4 is 10.6 Å². The lowest BCUT2D eigenvalue weighted by molar-refractivity contribution is 0.103. The molecule has 7 nitrogen and oxygen atoms in total. The number of hydrogen-bond donors (Lipinski definition) is 2. The summed E-state index contributed by atoms with van der Waals surface area (Å²) in [6, 6.07) is 13.3. The van der Waals surface area contributed by atoms with Gasteiger partial charge in [-0.1, -0.05) is 0 Å². The van der Waals surface area contributed by atoms with Gasteiger partial charge in [-0.25, -0.2) is 8.42 Å². The fourth-order valence-electron chi connectivity index (χ4n) is 3.35. The first-order chi connectivity index (χ1) is 13.5. The van der Waals surface area contributed by atoms with E-state index in [1.54, 1.807) is 24.3 Å². The van der Waals surface area contributed by atoms with Crippen LogP contribution in [0.5, 0.6) is 0 Å². The molecule has 2 aromatic carbocycles. The average molecular weight is 398 g/mol. The Balaban J connectivity index is 1.47. The Labute approximate surface area is 164 Å². The first kappa shape index (κ1) is 18.6. The Bertz CT molecular complexity index is 993. The van der Waals surface area contributed by atoms with Gasteiger partial charge in [-0.05, 0) is 61.4 Å². The number of rotatable bonds is 5. The molecular formula is C20H22N4O3S. The molecule has 1 fully saturated rings. The molecule has 0 saturated carbocycles. The third-order valence-electron chi connectivity index (χ3n) is 4.90. The van der Waals surface area contributed by atoms with Gasteiger partial charge in [0, 0.05) is 36.4 Å². The Morgan fingerprint density at radius 1 is 0.964 bits per heavy atom. The highest BCUT2D eigenvalue weighted by Gasteiger charge is 2.27. The number of anilines is 1. The summed E-state index contributed by atoms with van der Waals surface area (Å²) in [6.07, 6.45) is 1.79. The molecule has 0 spiro atoms. The van der Waals surface area contributed by atoms with Crippen LogP contribution in [-0.4, -0.2) is 50.6 Å². The van der Waals surface area contributed by atoms with Crippen molar-refractivity contribution in [2.45, 2.75) is 17.7 Å². The number of nitrogens with one attached hydrogen (secondary N) is 2. The van der Waals surface area contributed by atoms with Gasteiger partial charge in [0.25, 0.3) is 0 Å². The summed E-state index contributed by atoms with van der Waals surface area (Å²) in [7, 11) is -3.47. The van der Waals surface area contributed by atoms with Crippen LogP contribution in [0.3, 0.4) is 0 Å². The molecule has 8 heteroatoms. The van der Waals surface area contributed by atoms with Gasteiger partial charge in [0.15, 0.2) is 11.7 Å². The zero-order chi connectivity index (χ0) is 19.6. The molecule has 2 aromatic rings. The molecule has 2 aliphatic rings. The van der Waals surface area contributed by atoms with E-state index in [0.717, 1.165) is 37.6 Å². The van der Waals surface area contributed by atoms with Crippen LogP contribution in [0.15, 0.2) is 58.4 Å². The third-order valence-corrected chi connectivity index (χ3v) is 6.82. The maximum Gasteiger partial charge on any atom is 0.243 e. The van der Waals surface area contributed by atoms with E-state index in [0.29, 0.717) is 24.2 Å². The third kappa shape index (κ3) is 3.79. The van der Waals surface area contributed by atoms with Crippen molar-refractivity contribution in [2.75, 3.05) is 31.5 Å². The number of carbonyl (C=O) groups is 1. The monoisotopic (exact) mass is 398 g/mol. The lowest BCUT2D eigenvalue weighted by Crippen LogP contribution is -2.27. The average Bonchev–Trinajstić information content (AvgIpc) is 3.43. The highest BCUT2D eigenvalue weighted by molar-refractivity contribution is 7.89. The summed E-state index contributed by atoms with van der Waals surface area (Å²) < 4.78 is 26.7. The van der Waals surface area contributed by atoms with Gasteiger partial charge in [-0.15, -0.1) is 0 Å². The number of guanidine groups is 1. The second-order valence-corrected chi connectivity index (χ2v) is 8.76. The van der Waals surface area contributed by atoms with E-state index in [4.69, 9.17) is 0 Å². The largest absolute Gasteiger partial charge is 0.354 e. The normalized spacial score (nSPS) is 17.2. The topological polar surface area (TPSA) is 90.9 Å². The standard InChI is InChI=1S/C20H22N4O3S/c25-19(15-3-7-17(8-4-15)23-20-21-11-12-22-20)16-5-9-18(10-6-16)28(26,27)24-13-1-2-14-24/h3-10H,1-2,11-14H2,(H2,21,22,23). The van der Waals surface area contributed by atoms with Crippen LogP contribution in [0.2, 0.25) is 0 Å².